The Morgan fingerprint density at radius 1 is 1.53 bits per heavy atom. The summed E-state index contributed by atoms with van der Waals surface area (Å²) in [5, 5.41) is 3.03. The molecule has 7 heteroatoms. The summed E-state index contributed by atoms with van der Waals surface area (Å²) in [7, 11) is 0.0831. The largest absolute Gasteiger partial charge is 0.315 e. The quantitative estimate of drug-likeness (QED) is 0.804. The Morgan fingerprint density at radius 3 is 2.68 bits per heavy atom. The standard InChI is InChI=1S/C12H21BrN2O2S2/c1-5-9(2)8-15(4)19(16,17)11-6-10(7-14-3)18-12(11)13/h6,9,14H,5,7-8H2,1-4H3. The summed E-state index contributed by atoms with van der Waals surface area (Å²) in [6.07, 6.45) is 0.968. The van der Waals surface area contributed by atoms with Gasteiger partial charge in [0.05, 0.1) is 3.79 Å². The molecule has 0 radical (unpaired) electrons. The highest BCUT2D eigenvalue weighted by molar-refractivity contribution is 9.11. The maximum absolute atomic E-state index is 12.5. The third-order valence-electron chi connectivity index (χ3n) is 3.01. The van der Waals surface area contributed by atoms with Crippen LogP contribution in [0.1, 0.15) is 25.1 Å². The maximum atomic E-state index is 12.5. The average molecular weight is 369 g/mol. The van der Waals surface area contributed by atoms with Gasteiger partial charge in [-0.05, 0) is 35.0 Å². The molecular weight excluding hydrogens is 348 g/mol. The van der Waals surface area contributed by atoms with E-state index in [0.717, 1.165) is 11.3 Å². The van der Waals surface area contributed by atoms with E-state index >= 15 is 0 Å². The third-order valence-corrected chi connectivity index (χ3v) is 7.09. The van der Waals surface area contributed by atoms with E-state index in [-0.39, 0.29) is 0 Å². The molecule has 1 atom stereocenters. The molecule has 1 rings (SSSR count). The molecule has 4 nitrogen and oxygen atoms in total. The predicted octanol–water partition coefficient (Wildman–Crippen LogP) is 2.90. The van der Waals surface area contributed by atoms with E-state index in [9.17, 15) is 8.42 Å². The third kappa shape index (κ3) is 4.26. The zero-order valence-corrected chi connectivity index (χ0v) is 15.0. The van der Waals surface area contributed by atoms with Crippen LogP contribution in [0.25, 0.3) is 0 Å². The SMILES string of the molecule is CCC(C)CN(C)S(=O)(=O)c1cc(CNC)sc1Br. The van der Waals surface area contributed by atoms with Gasteiger partial charge < -0.3 is 5.32 Å². The molecule has 1 N–H and O–H groups in total. The van der Waals surface area contributed by atoms with Gasteiger partial charge in [0.1, 0.15) is 4.90 Å². The van der Waals surface area contributed by atoms with Gasteiger partial charge >= 0.3 is 0 Å². The molecule has 1 heterocycles. The van der Waals surface area contributed by atoms with Crippen molar-refractivity contribution in [2.45, 2.75) is 31.7 Å². The molecule has 0 amide bonds. The highest BCUT2D eigenvalue weighted by Crippen LogP contribution is 2.33. The van der Waals surface area contributed by atoms with Crippen molar-refractivity contribution in [2.75, 3.05) is 20.6 Å². The van der Waals surface area contributed by atoms with E-state index < -0.39 is 10.0 Å². The predicted molar refractivity (Wildman–Crippen MR) is 84.1 cm³/mol. The molecule has 0 aliphatic rings. The molecule has 0 saturated heterocycles. The van der Waals surface area contributed by atoms with Crippen LogP contribution in [0.4, 0.5) is 0 Å². The van der Waals surface area contributed by atoms with E-state index in [1.54, 1.807) is 13.1 Å². The molecular formula is C12H21BrN2O2S2. The molecule has 0 aliphatic carbocycles. The van der Waals surface area contributed by atoms with Crippen LogP contribution in [0.5, 0.6) is 0 Å². The zero-order chi connectivity index (χ0) is 14.6. The summed E-state index contributed by atoms with van der Waals surface area (Å²) in [5.41, 5.74) is 0. The Hall–Kier alpha value is 0.0500. The first-order chi connectivity index (χ1) is 8.82. The minimum atomic E-state index is -3.40. The van der Waals surface area contributed by atoms with Gasteiger partial charge in [-0.2, -0.15) is 0 Å². The average Bonchev–Trinajstić information content (AvgIpc) is 2.71. The van der Waals surface area contributed by atoms with Crippen LogP contribution in [0, 0.1) is 5.92 Å². The number of rotatable bonds is 7. The van der Waals surface area contributed by atoms with E-state index in [1.165, 1.54) is 15.6 Å². The number of nitrogens with one attached hydrogen (secondary N) is 1. The first-order valence-corrected chi connectivity index (χ1v) is 9.27. The van der Waals surface area contributed by atoms with Gasteiger partial charge in [0, 0.05) is 25.0 Å². The van der Waals surface area contributed by atoms with Crippen LogP contribution >= 0.6 is 27.3 Å². The van der Waals surface area contributed by atoms with Crippen molar-refractivity contribution >= 4 is 37.3 Å². The molecule has 110 valence electrons. The van der Waals surface area contributed by atoms with E-state index in [1.807, 2.05) is 7.05 Å². The minimum Gasteiger partial charge on any atom is -0.315 e. The van der Waals surface area contributed by atoms with Crippen molar-refractivity contribution in [3.05, 3.63) is 14.7 Å². The molecule has 1 aromatic rings. The Bertz CT molecular complexity index is 514. The van der Waals surface area contributed by atoms with E-state index in [4.69, 9.17) is 0 Å². The van der Waals surface area contributed by atoms with Crippen molar-refractivity contribution in [2.24, 2.45) is 5.92 Å². The van der Waals surface area contributed by atoms with Gasteiger partial charge in [-0.25, -0.2) is 12.7 Å². The van der Waals surface area contributed by atoms with Crippen molar-refractivity contribution < 1.29 is 8.42 Å². The Kier molecular flexibility index (Phi) is 6.46. The van der Waals surface area contributed by atoms with Crippen LogP contribution in [-0.2, 0) is 16.6 Å². The molecule has 19 heavy (non-hydrogen) atoms. The number of nitrogens with zero attached hydrogens (tertiary/aromatic N) is 1. The number of halogens is 1. The van der Waals surface area contributed by atoms with Crippen molar-refractivity contribution in [3.63, 3.8) is 0 Å². The summed E-state index contributed by atoms with van der Waals surface area (Å²) >= 11 is 4.82. The lowest BCUT2D eigenvalue weighted by Gasteiger charge is -2.20. The van der Waals surface area contributed by atoms with E-state index in [2.05, 4.69) is 35.1 Å². The molecule has 0 bridgehead atoms. The molecule has 0 spiro atoms. The first kappa shape index (κ1) is 17.1. The monoisotopic (exact) mass is 368 g/mol. The smallest absolute Gasteiger partial charge is 0.244 e. The lowest BCUT2D eigenvalue weighted by atomic mass is 10.1. The molecule has 0 aliphatic heterocycles. The van der Waals surface area contributed by atoms with Crippen molar-refractivity contribution in [3.8, 4) is 0 Å². The fourth-order valence-corrected chi connectivity index (χ4v) is 5.60. The number of hydrogen-bond acceptors (Lipinski definition) is 4. The topological polar surface area (TPSA) is 49.4 Å². The Balaban J connectivity index is 2.99. The molecule has 0 aromatic carbocycles. The Labute approximate surface area is 128 Å². The summed E-state index contributed by atoms with van der Waals surface area (Å²) in [6.45, 7) is 5.34. The van der Waals surface area contributed by atoms with Gasteiger partial charge in [-0.3, -0.25) is 0 Å². The Morgan fingerprint density at radius 2 is 2.16 bits per heavy atom. The van der Waals surface area contributed by atoms with Gasteiger partial charge in [0.15, 0.2) is 0 Å². The number of thiophene rings is 1. The minimum absolute atomic E-state index is 0.356. The second kappa shape index (κ2) is 7.17. The highest BCUT2D eigenvalue weighted by atomic mass is 79.9. The lowest BCUT2D eigenvalue weighted by Crippen LogP contribution is -2.31. The molecule has 1 unspecified atom stereocenters. The van der Waals surface area contributed by atoms with E-state index in [0.29, 0.717) is 27.7 Å². The van der Waals surface area contributed by atoms with Crippen LogP contribution in [0.2, 0.25) is 0 Å². The summed E-state index contributed by atoms with van der Waals surface area (Å²) in [6, 6.07) is 1.74. The molecule has 0 fully saturated rings. The number of sulfonamides is 1. The fraction of sp³-hybridized carbons (Fsp3) is 0.667. The molecule has 0 saturated carbocycles. The van der Waals surface area contributed by atoms with Gasteiger partial charge in [0.2, 0.25) is 10.0 Å². The second-order valence-corrected chi connectivity index (χ2v) is 9.15. The lowest BCUT2D eigenvalue weighted by molar-refractivity contribution is 0.393. The summed E-state index contributed by atoms with van der Waals surface area (Å²) in [4.78, 5) is 1.37. The van der Waals surface area contributed by atoms with Crippen molar-refractivity contribution in [1.29, 1.82) is 0 Å². The normalized spacial score (nSPS) is 14.0. The van der Waals surface area contributed by atoms with Gasteiger partial charge in [-0.15, -0.1) is 11.3 Å². The first-order valence-electron chi connectivity index (χ1n) is 6.22. The highest BCUT2D eigenvalue weighted by Gasteiger charge is 2.26. The maximum Gasteiger partial charge on any atom is 0.244 e. The van der Waals surface area contributed by atoms with Gasteiger partial charge in [0.25, 0.3) is 0 Å². The van der Waals surface area contributed by atoms with Crippen LogP contribution < -0.4 is 5.32 Å². The van der Waals surface area contributed by atoms with Gasteiger partial charge in [-0.1, -0.05) is 20.3 Å². The second-order valence-electron chi connectivity index (χ2n) is 4.68. The fourth-order valence-electron chi connectivity index (χ4n) is 1.67. The zero-order valence-electron chi connectivity index (χ0n) is 11.7. The summed E-state index contributed by atoms with van der Waals surface area (Å²) in [5.74, 6) is 0.356. The van der Waals surface area contributed by atoms with Crippen LogP contribution in [0.15, 0.2) is 14.7 Å². The molecule has 1 aromatic heterocycles. The number of hydrogen-bond donors (Lipinski definition) is 1. The van der Waals surface area contributed by atoms with Crippen LogP contribution in [0.3, 0.4) is 0 Å². The van der Waals surface area contributed by atoms with Crippen LogP contribution in [-0.4, -0.2) is 33.4 Å². The summed E-state index contributed by atoms with van der Waals surface area (Å²) < 4.78 is 27.1. The van der Waals surface area contributed by atoms with Crippen molar-refractivity contribution in [1.82, 2.24) is 9.62 Å².